The molecule has 7 heteroatoms. The molecule has 0 radical (unpaired) electrons. The van der Waals surface area contributed by atoms with E-state index >= 15 is 0 Å². The lowest BCUT2D eigenvalue weighted by atomic mass is 10.0. The van der Waals surface area contributed by atoms with Crippen molar-refractivity contribution >= 4 is 11.5 Å². The molecule has 4 rings (SSSR count). The van der Waals surface area contributed by atoms with Gasteiger partial charge in [-0.1, -0.05) is 6.07 Å². The highest BCUT2D eigenvalue weighted by Gasteiger charge is 2.29. The molecule has 0 bridgehead atoms. The number of hydrogen-bond donors (Lipinski definition) is 1. The Labute approximate surface area is 146 Å². The minimum Gasteiger partial charge on any atom is -0.372 e. The van der Waals surface area contributed by atoms with Gasteiger partial charge >= 0.3 is 0 Å². The largest absolute Gasteiger partial charge is 0.372 e. The number of non-ortho nitro benzene ring substituents is 1. The maximum Gasteiger partial charge on any atom is 0.271 e. The molecule has 7 nitrogen and oxygen atoms in total. The molecule has 0 aliphatic carbocycles. The fraction of sp³-hybridized carbons (Fsp3) is 0.500. The quantitative estimate of drug-likeness (QED) is 0.679. The molecular formula is C18H22N4O3. The molecule has 1 aromatic carbocycles. The van der Waals surface area contributed by atoms with Gasteiger partial charge in [0.05, 0.1) is 16.3 Å². The smallest absolute Gasteiger partial charge is 0.271 e. The number of ether oxygens (including phenoxy) is 1. The van der Waals surface area contributed by atoms with Gasteiger partial charge in [0.1, 0.15) is 11.9 Å². The van der Waals surface area contributed by atoms with E-state index in [1.165, 1.54) is 11.6 Å². The Morgan fingerprint density at radius 2 is 2.24 bits per heavy atom. The van der Waals surface area contributed by atoms with Crippen molar-refractivity contribution in [1.82, 2.24) is 9.78 Å². The van der Waals surface area contributed by atoms with E-state index < -0.39 is 0 Å². The molecule has 0 spiro atoms. The van der Waals surface area contributed by atoms with Crippen LogP contribution in [0.5, 0.6) is 0 Å². The van der Waals surface area contributed by atoms with Gasteiger partial charge in [-0.25, -0.2) is 4.68 Å². The van der Waals surface area contributed by atoms with E-state index in [4.69, 9.17) is 9.84 Å². The van der Waals surface area contributed by atoms with Crippen molar-refractivity contribution < 1.29 is 9.66 Å². The van der Waals surface area contributed by atoms with Crippen molar-refractivity contribution in [3.63, 3.8) is 0 Å². The first-order valence-electron chi connectivity index (χ1n) is 8.88. The Morgan fingerprint density at radius 3 is 3.00 bits per heavy atom. The molecule has 2 aliphatic rings. The van der Waals surface area contributed by atoms with E-state index in [0.29, 0.717) is 0 Å². The number of aryl methyl sites for hydroxylation is 1. The third-order valence-electron chi connectivity index (χ3n) is 5.03. The average Bonchev–Trinajstić information content (AvgIpc) is 3.17. The zero-order chi connectivity index (χ0) is 17.4. The normalized spacial score (nSPS) is 20.0. The van der Waals surface area contributed by atoms with Gasteiger partial charge in [-0.05, 0) is 44.6 Å². The zero-order valence-corrected chi connectivity index (χ0v) is 14.3. The fourth-order valence-corrected chi connectivity index (χ4v) is 3.69. The lowest BCUT2D eigenvalue weighted by molar-refractivity contribution is -0.384. The average molecular weight is 342 g/mol. The summed E-state index contributed by atoms with van der Waals surface area (Å²) < 4.78 is 7.72. The number of rotatable bonds is 3. The number of nitrogens with one attached hydrogen (secondary N) is 1. The van der Waals surface area contributed by atoms with Crippen molar-refractivity contribution in [3.05, 3.63) is 45.1 Å². The Bertz CT molecular complexity index is 809. The van der Waals surface area contributed by atoms with E-state index in [2.05, 4.69) is 5.32 Å². The van der Waals surface area contributed by atoms with Crippen molar-refractivity contribution in [1.29, 1.82) is 0 Å². The second kappa shape index (κ2) is 6.48. The van der Waals surface area contributed by atoms with E-state index in [-0.39, 0.29) is 16.7 Å². The van der Waals surface area contributed by atoms with Crippen LogP contribution in [-0.2, 0) is 11.2 Å². The van der Waals surface area contributed by atoms with E-state index in [0.717, 1.165) is 68.0 Å². The van der Waals surface area contributed by atoms with Crippen LogP contribution in [0.4, 0.5) is 11.5 Å². The number of aromatic nitrogens is 2. The summed E-state index contributed by atoms with van der Waals surface area (Å²) in [6, 6.07) is 4.92. The maximum atomic E-state index is 11.2. The number of anilines is 1. The summed E-state index contributed by atoms with van der Waals surface area (Å²) in [4.78, 5) is 10.8. The Kier molecular flexibility index (Phi) is 4.17. The van der Waals surface area contributed by atoms with Gasteiger partial charge in [0, 0.05) is 30.8 Å². The van der Waals surface area contributed by atoms with Crippen molar-refractivity contribution in [2.45, 2.75) is 45.1 Å². The Morgan fingerprint density at radius 1 is 1.36 bits per heavy atom. The molecule has 0 amide bonds. The number of fused-ring (bicyclic) bond motifs is 1. The molecule has 0 saturated carbocycles. The predicted octanol–water partition coefficient (Wildman–Crippen LogP) is 3.69. The SMILES string of the molecule is Cc1ccc([N+](=O)[O-])cc1-n1nc(C2CCCO2)c2c1NCCCC2. The van der Waals surface area contributed by atoms with Crippen LogP contribution in [-0.4, -0.2) is 27.9 Å². The molecule has 1 N–H and O–H groups in total. The van der Waals surface area contributed by atoms with Crippen molar-refractivity contribution in [3.8, 4) is 5.69 Å². The fourth-order valence-electron chi connectivity index (χ4n) is 3.69. The van der Waals surface area contributed by atoms with Gasteiger partial charge in [0.25, 0.3) is 5.69 Å². The van der Waals surface area contributed by atoms with Crippen LogP contribution in [0.3, 0.4) is 0 Å². The van der Waals surface area contributed by atoms with Crippen molar-refractivity contribution in [2.24, 2.45) is 0 Å². The molecule has 1 aromatic heterocycles. The maximum absolute atomic E-state index is 11.2. The highest BCUT2D eigenvalue weighted by atomic mass is 16.6. The molecule has 1 atom stereocenters. The summed E-state index contributed by atoms with van der Waals surface area (Å²) >= 11 is 0. The number of nitro groups is 1. The van der Waals surface area contributed by atoms with Crippen LogP contribution in [0.1, 0.15) is 48.6 Å². The molecule has 1 unspecified atom stereocenters. The first-order chi connectivity index (χ1) is 12.1. The van der Waals surface area contributed by atoms with Gasteiger partial charge in [0.15, 0.2) is 0 Å². The second-order valence-electron chi connectivity index (χ2n) is 6.74. The highest BCUT2D eigenvalue weighted by molar-refractivity contribution is 5.58. The van der Waals surface area contributed by atoms with E-state index in [1.807, 2.05) is 11.6 Å². The molecule has 25 heavy (non-hydrogen) atoms. The standard InChI is InChI=1S/C18H22N4O3/c1-12-7-8-13(22(23)24)11-15(12)21-18-14(5-2-3-9-19-18)17(20-21)16-6-4-10-25-16/h7-8,11,16,19H,2-6,9-10H2,1H3. The Balaban J connectivity index is 1.87. The molecular weight excluding hydrogens is 320 g/mol. The van der Waals surface area contributed by atoms with Crippen molar-refractivity contribution in [2.75, 3.05) is 18.5 Å². The zero-order valence-electron chi connectivity index (χ0n) is 14.3. The summed E-state index contributed by atoms with van der Waals surface area (Å²) in [6.07, 6.45) is 5.25. The minimum absolute atomic E-state index is 0.0360. The van der Waals surface area contributed by atoms with Gasteiger partial charge in [0.2, 0.25) is 0 Å². The first-order valence-corrected chi connectivity index (χ1v) is 8.88. The third-order valence-corrected chi connectivity index (χ3v) is 5.03. The number of nitro benzene ring substituents is 1. The van der Waals surface area contributed by atoms with Crippen LogP contribution < -0.4 is 5.32 Å². The topological polar surface area (TPSA) is 82.2 Å². The number of nitrogens with zero attached hydrogens (tertiary/aromatic N) is 3. The minimum atomic E-state index is -0.362. The summed E-state index contributed by atoms with van der Waals surface area (Å²) in [6.45, 7) is 3.61. The molecule has 1 saturated heterocycles. The first kappa shape index (κ1) is 16.1. The third kappa shape index (κ3) is 2.89. The molecule has 132 valence electrons. The molecule has 3 heterocycles. The highest BCUT2D eigenvalue weighted by Crippen LogP contribution is 2.37. The van der Waals surface area contributed by atoms with E-state index in [9.17, 15) is 10.1 Å². The van der Waals surface area contributed by atoms with Crippen LogP contribution in [0, 0.1) is 17.0 Å². The van der Waals surface area contributed by atoms with Gasteiger partial charge < -0.3 is 10.1 Å². The lowest BCUT2D eigenvalue weighted by Crippen LogP contribution is -2.09. The van der Waals surface area contributed by atoms with Gasteiger partial charge in [-0.15, -0.1) is 0 Å². The summed E-state index contributed by atoms with van der Waals surface area (Å²) in [5.74, 6) is 0.964. The van der Waals surface area contributed by atoms with Crippen LogP contribution >= 0.6 is 0 Å². The molecule has 2 aliphatic heterocycles. The lowest BCUT2D eigenvalue weighted by Gasteiger charge is -2.11. The number of hydrogen-bond acceptors (Lipinski definition) is 5. The summed E-state index contributed by atoms with van der Waals surface area (Å²) in [5, 5.41) is 19.5. The monoisotopic (exact) mass is 342 g/mol. The number of benzene rings is 1. The second-order valence-corrected chi connectivity index (χ2v) is 6.74. The van der Waals surface area contributed by atoms with Gasteiger partial charge in [-0.2, -0.15) is 5.10 Å². The summed E-state index contributed by atoms with van der Waals surface area (Å²) in [7, 11) is 0. The van der Waals surface area contributed by atoms with Crippen LogP contribution in [0.25, 0.3) is 5.69 Å². The van der Waals surface area contributed by atoms with E-state index in [1.54, 1.807) is 12.1 Å². The van der Waals surface area contributed by atoms with Gasteiger partial charge in [-0.3, -0.25) is 10.1 Å². The van der Waals surface area contributed by atoms with Crippen LogP contribution in [0.15, 0.2) is 18.2 Å². The molecule has 1 fully saturated rings. The van der Waals surface area contributed by atoms with Crippen LogP contribution in [0.2, 0.25) is 0 Å². The molecule has 2 aromatic rings. The Hall–Kier alpha value is -2.41. The summed E-state index contributed by atoms with van der Waals surface area (Å²) in [5.41, 5.74) is 3.99. The predicted molar refractivity (Wildman–Crippen MR) is 94.3 cm³/mol.